The zero-order chi connectivity index (χ0) is 17.9. The van der Waals surface area contributed by atoms with Crippen LogP contribution in [0.15, 0.2) is 58.4 Å². The summed E-state index contributed by atoms with van der Waals surface area (Å²) in [6.07, 6.45) is -3.80. The zero-order valence-electron chi connectivity index (χ0n) is 12.8. The molecular weight excluding hydrogens is 323 g/mol. The predicted molar refractivity (Wildman–Crippen MR) is 82.8 cm³/mol. The van der Waals surface area contributed by atoms with Crippen LogP contribution in [0.3, 0.4) is 0 Å². The quantitative estimate of drug-likeness (QED) is 0.827. The molecule has 128 valence electrons. The maximum absolute atomic E-state index is 13.4. The SMILES string of the molecule is CCOC(=O)C1=C(C(F)(F)F)N=C(N)/C(=C\N)C1c1ccccc1. The highest BCUT2D eigenvalue weighted by Gasteiger charge is 2.45. The van der Waals surface area contributed by atoms with Crippen LogP contribution < -0.4 is 11.5 Å². The Labute approximate surface area is 136 Å². The summed E-state index contributed by atoms with van der Waals surface area (Å²) >= 11 is 0. The van der Waals surface area contributed by atoms with Gasteiger partial charge in [0.1, 0.15) is 5.84 Å². The molecule has 24 heavy (non-hydrogen) atoms. The first-order chi connectivity index (χ1) is 11.3. The van der Waals surface area contributed by atoms with E-state index in [1.54, 1.807) is 30.3 Å². The van der Waals surface area contributed by atoms with Gasteiger partial charge in [-0.15, -0.1) is 0 Å². The van der Waals surface area contributed by atoms with Crippen molar-refractivity contribution in [2.24, 2.45) is 16.5 Å². The Balaban J connectivity index is 2.77. The molecule has 1 heterocycles. The van der Waals surface area contributed by atoms with Crippen LogP contribution in [0.2, 0.25) is 0 Å². The van der Waals surface area contributed by atoms with E-state index in [1.165, 1.54) is 6.92 Å². The highest BCUT2D eigenvalue weighted by molar-refractivity contribution is 6.05. The van der Waals surface area contributed by atoms with Crippen LogP contribution >= 0.6 is 0 Å². The van der Waals surface area contributed by atoms with Gasteiger partial charge in [-0.25, -0.2) is 9.79 Å². The maximum atomic E-state index is 13.4. The Morgan fingerprint density at radius 1 is 1.33 bits per heavy atom. The minimum atomic E-state index is -4.86. The second-order valence-electron chi connectivity index (χ2n) is 4.94. The van der Waals surface area contributed by atoms with Crippen LogP contribution in [0.1, 0.15) is 18.4 Å². The number of allylic oxidation sites excluding steroid dienone is 1. The fourth-order valence-electron chi connectivity index (χ4n) is 2.50. The van der Waals surface area contributed by atoms with Crippen molar-refractivity contribution in [3.63, 3.8) is 0 Å². The van der Waals surface area contributed by atoms with Gasteiger partial charge in [0, 0.05) is 17.7 Å². The summed E-state index contributed by atoms with van der Waals surface area (Å²) in [6.45, 7) is 1.43. The number of aliphatic imine (C=N–C) groups is 1. The van der Waals surface area contributed by atoms with E-state index < -0.39 is 29.3 Å². The topological polar surface area (TPSA) is 90.7 Å². The number of carbonyl (C=O) groups is 1. The monoisotopic (exact) mass is 339 g/mol. The number of hydrogen-bond donors (Lipinski definition) is 2. The summed E-state index contributed by atoms with van der Waals surface area (Å²) < 4.78 is 45.0. The van der Waals surface area contributed by atoms with Gasteiger partial charge in [0.15, 0.2) is 5.70 Å². The average Bonchev–Trinajstić information content (AvgIpc) is 2.53. The van der Waals surface area contributed by atoms with Gasteiger partial charge in [-0.1, -0.05) is 30.3 Å². The van der Waals surface area contributed by atoms with E-state index in [4.69, 9.17) is 16.2 Å². The number of nitrogens with zero attached hydrogens (tertiary/aromatic N) is 1. The number of esters is 1. The molecule has 8 heteroatoms. The Kier molecular flexibility index (Phi) is 4.96. The van der Waals surface area contributed by atoms with Crippen LogP contribution in [0.4, 0.5) is 13.2 Å². The molecule has 0 aliphatic carbocycles. The first-order valence-corrected chi connectivity index (χ1v) is 7.11. The van der Waals surface area contributed by atoms with Gasteiger partial charge in [0.25, 0.3) is 0 Å². The predicted octanol–water partition coefficient (Wildman–Crippen LogP) is 2.36. The smallest absolute Gasteiger partial charge is 0.434 e. The van der Waals surface area contributed by atoms with Gasteiger partial charge in [0.05, 0.1) is 12.2 Å². The summed E-state index contributed by atoms with van der Waals surface area (Å²) in [5, 5.41) is 0. The number of hydrogen-bond acceptors (Lipinski definition) is 5. The van der Waals surface area contributed by atoms with Crippen molar-refractivity contribution in [3.8, 4) is 0 Å². The van der Waals surface area contributed by atoms with E-state index in [0.29, 0.717) is 5.56 Å². The molecule has 0 saturated heterocycles. The number of ether oxygens (including phenoxy) is 1. The molecule has 0 radical (unpaired) electrons. The summed E-state index contributed by atoms with van der Waals surface area (Å²) in [4.78, 5) is 15.6. The average molecular weight is 339 g/mol. The van der Waals surface area contributed by atoms with E-state index >= 15 is 0 Å². The molecule has 2 rings (SSSR count). The minimum Gasteiger partial charge on any atom is -0.463 e. The Morgan fingerprint density at radius 2 is 1.96 bits per heavy atom. The summed E-state index contributed by atoms with van der Waals surface area (Å²) in [6, 6.07) is 8.15. The largest absolute Gasteiger partial charge is 0.463 e. The van der Waals surface area contributed by atoms with Gasteiger partial charge >= 0.3 is 12.1 Å². The molecule has 0 bridgehead atoms. The second-order valence-corrected chi connectivity index (χ2v) is 4.94. The first kappa shape index (κ1) is 17.6. The lowest BCUT2D eigenvalue weighted by Crippen LogP contribution is -2.33. The summed E-state index contributed by atoms with van der Waals surface area (Å²) in [5.41, 5.74) is 9.75. The number of amidine groups is 1. The number of benzene rings is 1. The highest BCUT2D eigenvalue weighted by Crippen LogP contribution is 2.43. The molecule has 4 N–H and O–H groups in total. The molecule has 5 nitrogen and oxygen atoms in total. The van der Waals surface area contributed by atoms with E-state index in [9.17, 15) is 18.0 Å². The Hall–Kier alpha value is -2.77. The molecule has 0 saturated carbocycles. The van der Waals surface area contributed by atoms with Crippen LogP contribution in [0.5, 0.6) is 0 Å². The first-order valence-electron chi connectivity index (χ1n) is 7.11. The fraction of sp³-hybridized carbons (Fsp3) is 0.250. The number of carbonyl (C=O) groups excluding carboxylic acids is 1. The van der Waals surface area contributed by atoms with Gasteiger partial charge in [-0.2, -0.15) is 13.2 Å². The van der Waals surface area contributed by atoms with E-state index in [1.807, 2.05) is 0 Å². The summed E-state index contributed by atoms with van der Waals surface area (Å²) in [7, 11) is 0. The third-order valence-corrected chi connectivity index (χ3v) is 3.46. The molecule has 1 aliphatic rings. The highest BCUT2D eigenvalue weighted by atomic mass is 19.4. The molecule has 1 atom stereocenters. The number of halogens is 3. The number of rotatable bonds is 3. The van der Waals surface area contributed by atoms with Gasteiger partial charge in [-0.3, -0.25) is 0 Å². The van der Waals surface area contributed by atoms with Crippen molar-refractivity contribution in [2.75, 3.05) is 6.61 Å². The van der Waals surface area contributed by atoms with Crippen LogP contribution in [0, 0.1) is 0 Å². The molecular formula is C16H16F3N3O2. The minimum absolute atomic E-state index is 0.0736. The third kappa shape index (κ3) is 3.27. The van der Waals surface area contributed by atoms with Crippen molar-refractivity contribution < 1.29 is 22.7 Å². The van der Waals surface area contributed by atoms with Crippen molar-refractivity contribution in [1.29, 1.82) is 0 Å². The Morgan fingerprint density at radius 3 is 2.46 bits per heavy atom. The van der Waals surface area contributed by atoms with Crippen molar-refractivity contribution in [3.05, 3.63) is 58.9 Å². The van der Waals surface area contributed by atoms with Gasteiger partial charge < -0.3 is 16.2 Å². The number of alkyl halides is 3. The van der Waals surface area contributed by atoms with E-state index in [2.05, 4.69) is 4.99 Å². The van der Waals surface area contributed by atoms with Gasteiger partial charge in [-0.05, 0) is 12.5 Å². The molecule has 0 amide bonds. The maximum Gasteiger partial charge on any atom is 0.434 e. The van der Waals surface area contributed by atoms with Crippen LogP contribution in [-0.2, 0) is 9.53 Å². The molecule has 1 aromatic rings. The number of nitrogens with two attached hydrogens (primary N) is 2. The summed E-state index contributed by atoms with van der Waals surface area (Å²) in [5.74, 6) is -2.59. The third-order valence-electron chi connectivity index (χ3n) is 3.46. The van der Waals surface area contributed by atoms with Crippen molar-refractivity contribution in [2.45, 2.75) is 19.0 Å². The standard InChI is InChI=1S/C16H16F3N3O2/c1-2-24-15(23)12-11(9-6-4-3-5-7-9)10(8-20)14(21)22-13(12)16(17,18)19/h3-8,11H,2,20H2,1H3,(H2,21,22)/b10-8-. The van der Waals surface area contributed by atoms with Crippen molar-refractivity contribution >= 4 is 11.8 Å². The zero-order valence-corrected chi connectivity index (χ0v) is 12.8. The second kappa shape index (κ2) is 6.77. The molecule has 0 fully saturated rings. The lowest BCUT2D eigenvalue weighted by molar-refractivity contribution is -0.140. The Bertz CT molecular complexity index is 722. The normalized spacial score (nSPS) is 20.1. The molecule has 0 aromatic heterocycles. The lowest BCUT2D eigenvalue weighted by Gasteiger charge is -2.28. The van der Waals surface area contributed by atoms with Crippen molar-refractivity contribution in [1.82, 2.24) is 0 Å². The van der Waals surface area contributed by atoms with E-state index in [-0.39, 0.29) is 18.0 Å². The van der Waals surface area contributed by atoms with E-state index in [0.717, 1.165) is 6.20 Å². The molecule has 1 aromatic carbocycles. The molecule has 1 aliphatic heterocycles. The van der Waals surface area contributed by atoms with Gasteiger partial charge in [0.2, 0.25) is 0 Å². The van der Waals surface area contributed by atoms with Crippen LogP contribution in [-0.4, -0.2) is 24.6 Å². The van der Waals surface area contributed by atoms with Crippen LogP contribution in [0.25, 0.3) is 0 Å². The molecule has 0 spiro atoms. The fourth-order valence-corrected chi connectivity index (χ4v) is 2.50. The molecule has 1 unspecified atom stereocenters. The lowest BCUT2D eigenvalue weighted by atomic mass is 9.81.